The molecule has 0 spiro atoms. The van der Waals surface area contributed by atoms with E-state index in [1.807, 2.05) is 6.92 Å². The van der Waals surface area contributed by atoms with Crippen LogP contribution >= 0.6 is 0 Å². The number of unbranched alkanes of at least 4 members (excludes halogenated alkanes) is 1. The maximum atomic E-state index is 12.1. The highest BCUT2D eigenvalue weighted by atomic mass is 16.6. The lowest BCUT2D eigenvalue weighted by molar-refractivity contribution is -0.156. The number of amides is 1. The predicted molar refractivity (Wildman–Crippen MR) is 108 cm³/mol. The minimum atomic E-state index is -0.939. The molecule has 0 aromatic heterocycles. The van der Waals surface area contributed by atoms with Gasteiger partial charge in [-0.2, -0.15) is 0 Å². The Hall–Kier alpha value is -3.55. The van der Waals surface area contributed by atoms with Crippen LogP contribution in [-0.4, -0.2) is 43.8 Å². The third kappa shape index (κ3) is 5.73. The van der Waals surface area contributed by atoms with Crippen LogP contribution in [0.5, 0.6) is 11.5 Å². The molecule has 0 aliphatic carbocycles. The fourth-order valence-electron chi connectivity index (χ4n) is 2.64. The molecule has 0 saturated heterocycles. The molecule has 30 heavy (non-hydrogen) atoms. The minimum absolute atomic E-state index is 0.00723. The van der Waals surface area contributed by atoms with Gasteiger partial charge < -0.3 is 24.3 Å². The maximum absolute atomic E-state index is 12.1. The van der Waals surface area contributed by atoms with E-state index in [1.165, 1.54) is 0 Å². The Kier molecular flexibility index (Phi) is 7.26. The monoisotopic (exact) mass is 413 g/mol. The van der Waals surface area contributed by atoms with E-state index in [9.17, 15) is 14.4 Å². The fraction of sp³-hybridized carbons (Fsp3) is 0.318. The zero-order valence-electron chi connectivity index (χ0n) is 16.6. The van der Waals surface area contributed by atoms with E-state index in [1.54, 1.807) is 48.5 Å². The Balaban J connectivity index is 1.43. The average Bonchev–Trinajstić information content (AvgIpc) is 2.77. The van der Waals surface area contributed by atoms with Crippen molar-refractivity contribution in [2.75, 3.05) is 25.1 Å². The van der Waals surface area contributed by atoms with Gasteiger partial charge in [0.1, 0.15) is 6.61 Å². The van der Waals surface area contributed by atoms with Crippen LogP contribution in [0.1, 0.15) is 30.1 Å². The predicted octanol–water partition coefficient (Wildman–Crippen LogP) is 2.97. The second-order valence-electron chi connectivity index (χ2n) is 6.59. The van der Waals surface area contributed by atoms with Gasteiger partial charge in [-0.3, -0.25) is 4.79 Å². The van der Waals surface area contributed by atoms with Crippen LogP contribution in [-0.2, 0) is 19.1 Å². The number of para-hydroxylation sites is 2. The lowest BCUT2D eigenvalue weighted by atomic mass is 10.2. The number of carbonyl (C=O) groups excluding carboxylic acids is 3. The summed E-state index contributed by atoms with van der Waals surface area (Å²) in [6, 6.07) is 13.2. The zero-order valence-corrected chi connectivity index (χ0v) is 16.6. The largest absolute Gasteiger partial charge is 0.485 e. The third-order valence-electron chi connectivity index (χ3n) is 4.25. The van der Waals surface area contributed by atoms with E-state index in [2.05, 4.69) is 5.32 Å². The van der Waals surface area contributed by atoms with Crippen LogP contribution < -0.4 is 14.8 Å². The highest BCUT2D eigenvalue weighted by molar-refractivity contribution is 5.94. The van der Waals surface area contributed by atoms with E-state index in [0.29, 0.717) is 29.4 Å². The summed E-state index contributed by atoms with van der Waals surface area (Å²) in [7, 11) is 0. The van der Waals surface area contributed by atoms with E-state index >= 15 is 0 Å². The zero-order chi connectivity index (χ0) is 21.3. The summed E-state index contributed by atoms with van der Waals surface area (Å²) in [4.78, 5) is 36.0. The molecule has 158 valence electrons. The van der Waals surface area contributed by atoms with Crippen molar-refractivity contribution in [2.24, 2.45) is 0 Å². The average molecular weight is 413 g/mol. The smallest absolute Gasteiger partial charge is 0.351 e. The van der Waals surface area contributed by atoms with Crippen LogP contribution in [0.25, 0.3) is 0 Å². The third-order valence-corrected chi connectivity index (χ3v) is 4.25. The summed E-state index contributed by atoms with van der Waals surface area (Å²) in [6.45, 7) is 1.92. The maximum Gasteiger partial charge on any atom is 0.351 e. The molecule has 0 unspecified atom stereocenters. The van der Waals surface area contributed by atoms with Gasteiger partial charge in [0.05, 0.1) is 12.2 Å². The normalized spacial score (nSPS) is 14.5. The number of rotatable bonds is 8. The van der Waals surface area contributed by atoms with Crippen molar-refractivity contribution in [1.29, 1.82) is 0 Å². The molecule has 0 radical (unpaired) electrons. The minimum Gasteiger partial charge on any atom is -0.485 e. The quantitative estimate of drug-likeness (QED) is 0.525. The van der Waals surface area contributed by atoms with Gasteiger partial charge in [-0.15, -0.1) is 0 Å². The van der Waals surface area contributed by atoms with Gasteiger partial charge in [-0.05, 0) is 42.8 Å². The molecule has 1 aliphatic heterocycles. The van der Waals surface area contributed by atoms with Crippen LogP contribution in [0, 0.1) is 0 Å². The van der Waals surface area contributed by atoms with Crippen molar-refractivity contribution in [3.8, 4) is 11.5 Å². The standard InChI is InChI=1S/C22H23NO7/c1-2-3-12-27-21(25)15-8-10-16(11-9-15)23-20(24)14-29-22(26)19-13-28-17-6-4-5-7-18(17)30-19/h4-11,19H,2-3,12-14H2,1H3,(H,23,24)/t19-/m1/s1. The molecule has 1 amide bonds. The van der Waals surface area contributed by atoms with Gasteiger partial charge in [0, 0.05) is 5.69 Å². The molecule has 8 nitrogen and oxygen atoms in total. The number of fused-ring (bicyclic) bond motifs is 1. The SMILES string of the molecule is CCCCOC(=O)c1ccc(NC(=O)COC(=O)[C@H]2COc3ccccc3O2)cc1. The van der Waals surface area contributed by atoms with Gasteiger partial charge in [0.25, 0.3) is 5.91 Å². The number of ether oxygens (including phenoxy) is 4. The molecule has 0 saturated carbocycles. The molecular formula is C22H23NO7. The molecule has 1 heterocycles. The van der Waals surface area contributed by atoms with Gasteiger partial charge in [0.15, 0.2) is 18.1 Å². The number of nitrogens with one attached hydrogen (secondary N) is 1. The van der Waals surface area contributed by atoms with E-state index in [4.69, 9.17) is 18.9 Å². The number of carbonyl (C=O) groups is 3. The molecule has 8 heteroatoms. The number of hydrogen-bond acceptors (Lipinski definition) is 7. The van der Waals surface area contributed by atoms with Gasteiger partial charge in [-0.1, -0.05) is 25.5 Å². The molecule has 3 rings (SSSR count). The molecule has 1 N–H and O–H groups in total. The van der Waals surface area contributed by atoms with Crippen LogP contribution in [0.4, 0.5) is 5.69 Å². The van der Waals surface area contributed by atoms with Crippen molar-refractivity contribution >= 4 is 23.5 Å². The fourth-order valence-corrected chi connectivity index (χ4v) is 2.64. The Bertz CT molecular complexity index is 895. The lowest BCUT2D eigenvalue weighted by Crippen LogP contribution is -2.39. The van der Waals surface area contributed by atoms with Gasteiger partial charge in [-0.25, -0.2) is 9.59 Å². The topological polar surface area (TPSA) is 100 Å². The van der Waals surface area contributed by atoms with Crippen molar-refractivity contribution in [3.05, 3.63) is 54.1 Å². The highest BCUT2D eigenvalue weighted by Gasteiger charge is 2.29. The number of esters is 2. The van der Waals surface area contributed by atoms with Crippen molar-refractivity contribution < 1.29 is 33.3 Å². The van der Waals surface area contributed by atoms with Gasteiger partial charge in [0.2, 0.25) is 6.10 Å². The highest BCUT2D eigenvalue weighted by Crippen LogP contribution is 2.31. The van der Waals surface area contributed by atoms with Gasteiger partial charge >= 0.3 is 11.9 Å². The summed E-state index contributed by atoms with van der Waals surface area (Å²) in [6.07, 6.45) is 0.810. The molecule has 1 atom stereocenters. The Labute approximate surface area is 174 Å². The first-order valence-electron chi connectivity index (χ1n) is 9.69. The van der Waals surface area contributed by atoms with Crippen LogP contribution in [0.2, 0.25) is 0 Å². The molecule has 0 fully saturated rings. The van der Waals surface area contributed by atoms with Crippen molar-refractivity contribution in [2.45, 2.75) is 25.9 Å². The number of hydrogen-bond donors (Lipinski definition) is 1. The van der Waals surface area contributed by atoms with E-state index in [0.717, 1.165) is 12.8 Å². The molecule has 2 aromatic rings. The second-order valence-corrected chi connectivity index (χ2v) is 6.59. The first-order chi connectivity index (χ1) is 14.6. The second kappa shape index (κ2) is 10.3. The number of benzene rings is 2. The Morgan fingerprint density at radius 3 is 2.50 bits per heavy atom. The molecule has 0 bridgehead atoms. The van der Waals surface area contributed by atoms with E-state index < -0.39 is 30.6 Å². The molecule has 1 aliphatic rings. The van der Waals surface area contributed by atoms with E-state index in [-0.39, 0.29) is 6.61 Å². The van der Waals surface area contributed by atoms with Crippen molar-refractivity contribution in [3.63, 3.8) is 0 Å². The summed E-state index contributed by atoms with van der Waals surface area (Å²) in [5, 5.41) is 2.59. The summed E-state index contributed by atoms with van der Waals surface area (Å²) >= 11 is 0. The van der Waals surface area contributed by atoms with Crippen molar-refractivity contribution in [1.82, 2.24) is 0 Å². The van der Waals surface area contributed by atoms with Crippen LogP contribution in [0.3, 0.4) is 0 Å². The summed E-state index contributed by atoms with van der Waals surface area (Å²) in [5.41, 5.74) is 0.859. The lowest BCUT2D eigenvalue weighted by Gasteiger charge is -2.24. The number of anilines is 1. The molecular weight excluding hydrogens is 390 g/mol. The Morgan fingerprint density at radius 1 is 1.03 bits per heavy atom. The summed E-state index contributed by atoms with van der Waals surface area (Å²) < 4.78 is 21.1. The first-order valence-corrected chi connectivity index (χ1v) is 9.69. The van der Waals surface area contributed by atoms with Crippen LogP contribution in [0.15, 0.2) is 48.5 Å². The Morgan fingerprint density at radius 2 is 1.77 bits per heavy atom. The first kappa shape index (κ1) is 21.2. The molecule has 2 aromatic carbocycles. The summed E-state index contributed by atoms with van der Waals surface area (Å²) in [5.74, 6) is -0.615.